The second-order valence-corrected chi connectivity index (χ2v) is 6.01. The van der Waals surface area contributed by atoms with Gasteiger partial charge in [0.05, 0.1) is 6.10 Å². The van der Waals surface area contributed by atoms with Crippen molar-refractivity contribution in [2.24, 2.45) is 23.7 Å². The third-order valence-electron chi connectivity index (χ3n) is 3.96. The molecule has 2 saturated carbocycles. The maximum atomic E-state index is 9.66. The Hall–Kier alpha value is 0.280. The number of allylic oxidation sites excluding steroid dienone is 1. The second kappa shape index (κ2) is 2.44. The smallest absolute Gasteiger partial charge is 0.124 e. The van der Waals surface area contributed by atoms with Crippen LogP contribution in [-0.2, 0) is 0 Å². The number of fused-ring (bicyclic) bond motifs is 2. The SMILES string of the molecule is OC1C=CC2CC3C(CC12)C3(Cl)Cl. The molecular formula is C10H12Cl2O. The van der Waals surface area contributed by atoms with E-state index in [2.05, 4.69) is 6.08 Å². The number of aliphatic hydroxyl groups is 1. The lowest BCUT2D eigenvalue weighted by atomic mass is 9.80. The Bertz CT molecular complexity index is 274. The molecule has 3 heteroatoms. The van der Waals surface area contributed by atoms with E-state index in [4.69, 9.17) is 23.2 Å². The lowest BCUT2D eigenvalue weighted by molar-refractivity contribution is 0.112. The first-order valence-corrected chi connectivity index (χ1v) is 5.60. The molecule has 0 bridgehead atoms. The zero-order valence-electron chi connectivity index (χ0n) is 7.16. The highest BCUT2D eigenvalue weighted by molar-refractivity contribution is 6.51. The average Bonchev–Trinajstić information content (AvgIpc) is 2.46. The van der Waals surface area contributed by atoms with Crippen molar-refractivity contribution < 1.29 is 5.11 Å². The molecule has 3 aliphatic carbocycles. The molecule has 0 radical (unpaired) electrons. The molecule has 13 heavy (non-hydrogen) atoms. The van der Waals surface area contributed by atoms with E-state index >= 15 is 0 Å². The van der Waals surface area contributed by atoms with E-state index < -0.39 is 4.33 Å². The van der Waals surface area contributed by atoms with Gasteiger partial charge < -0.3 is 5.11 Å². The molecule has 2 fully saturated rings. The highest BCUT2D eigenvalue weighted by Crippen LogP contribution is 2.68. The highest BCUT2D eigenvalue weighted by atomic mass is 35.5. The lowest BCUT2D eigenvalue weighted by Crippen LogP contribution is -2.24. The summed E-state index contributed by atoms with van der Waals surface area (Å²) in [5.74, 6) is 1.83. The number of rotatable bonds is 0. The van der Waals surface area contributed by atoms with Crippen LogP contribution in [0.15, 0.2) is 12.2 Å². The van der Waals surface area contributed by atoms with Gasteiger partial charge in [-0.05, 0) is 36.5 Å². The summed E-state index contributed by atoms with van der Waals surface area (Å²) in [4.78, 5) is 0. The van der Waals surface area contributed by atoms with Crippen molar-refractivity contribution >= 4 is 23.2 Å². The third-order valence-corrected chi connectivity index (χ3v) is 5.08. The molecule has 0 aromatic carbocycles. The molecule has 0 saturated heterocycles. The number of hydrogen-bond acceptors (Lipinski definition) is 1. The van der Waals surface area contributed by atoms with Crippen LogP contribution < -0.4 is 0 Å². The van der Waals surface area contributed by atoms with Crippen molar-refractivity contribution in [3.8, 4) is 0 Å². The molecule has 5 unspecified atom stereocenters. The van der Waals surface area contributed by atoms with Gasteiger partial charge in [-0.2, -0.15) is 0 Å². The Morgan fingerprint density at radius 1 is 1.15 bits per heavy atom. The fraction of sp³-hybridized carbons (Fsp3) is 0.800. The van der Waals surface area contributed by atoms with Crippen molar-refractivity contribution in [1.29, 1.82) is 0 Å². The molecule has 72 valence electrons. The fourth-order valence-corrected chi connectivity index (χ4v) is 3.89. The van der Waals surface area contributed by atoms with Crippen LogP contribution in [0.1, 0.15) is 12.8 Å². The first kappa shape index (κ1) is 8.58. The standard InChI is InChI=1S/C10H12Cl2O/c11-10(12)7-3-5-1-2-9(13)6(5)4-8(7)10/h1-2,5-9,13H,3-4H2. The molecule has 3 rings (SSSR count). The summed E-state index contributed by atoms with van der Waals surface area (Å²) in [6, 6.07) is 0. The van der Waals surface area contributed by atoms with Gasteiger partial charge in [0.1, 0.15) is 4.33 Å². The average molecular weight is 219 g/mol. The lowest BCUT2D eigenvalue weighted by Gasteiger charge is -2.25. The molecular weight excluding hydrogens is 207 g/mol. The molecule has 5 atom stereocenters. The van der Waals surface area contributed by atoms with E-state index in [1.807, 2.05) is 6.08 Å². The Balaban J connectivity index is 1.82. The van der Waals surface area contributed by atoms with Gasteiger partial charge in [0.15, 0.2) is 0 Å². The van der Waals surface area contributed by atoms with E-state index in [-0.39, 0.29) is 6.10 Å². The van der Waals surface area contributed by atoms with E-state index in [0.29, 0.717) is 23.7 Å². The zero-order chi connectivity index (χ0) is 9.22. The number of aliphatic hydroxyl groups excluding tert-OH is 1. The Labute approximate surface area is 87.7 Å². The molecule has 0 amide bonds. The van der Waals surface area contributed by atoms with Gasteiger partial charge >= 0.3 is 0 Å². The molecule has 3 aliphatic rings. The Kier molecular flexibility index (Phi) is 1.61. The van der Waals surface area contributed by atoms with E-state index in [0.717, 1.165) is 12.8 Å². The Morgan fingerprint density at radius 2 is 1.85 bits per heavy atom. The molecule has 1 N–H and O–H groups in total. The minimum Gasteiger partial charge on any atom is -0.389 e. The van der Waals surface area contributed by atoms with Crippen molar-refractivity contribution in [3.05, 3.63) is 12.2 Å². The van der Waals surface area contributed by atoms with Gasteiger partial charge in [-0.3, -0.25) is 0 Å². The number of halogens is 2. The van der Waals surface area contributed by atoms with E-state index in [1.165, 1.54) is 0 Å². The topological polar surface area (TPSA) is 20.2 Å². The predicted molar refractivity (Wildman–Crippen MR) is 52.8 cm³/mol. The van der Waals surface area contributed by atoms with Crippen molar-refractivity contribution in [2.75, 3.05) is 0 Å². The van der Waals surface area contributed by atoms with Gasteiger partial charge in [-0.25, -0.2) is 0 Å². The molecule has 0 spiro atoms. The normalized spacial score (nSPS) is 55.8. The van der Waals surface area contributed by atoms with Crippen LogP contribution in [0.2, 0.25) is 0 Å². The monoisotopic (exact) mass is 218 g/mol. The van der Waals surface area contributed by atoms with Gasteiger partial charge in [-0.15, -0.1) is 23.2 Å². The fourth-order valence-electron chi connectivity index (χ4n) is 3.05. The van der Waals surface area contributed by atoms with E-state index in [9.17, 15) is 5.11 Å². The van der Waals surface area contributed by atoms with Crippen LogP contribution in [0.4, 0.5) is 0 Å². The van der Waals surface area contributed by atoms with Crippen LogP contribution in [0.3, 0.4) is 0 Å². The van der Waals surface area contributed by atoms with Gasteiger partial charge in [0.25, 0.3) is 0 Å². The molecule has 0 aliphatic heterocycles. The highest BCUT2D eigenvalue weighted by Gasteiger charge is 2.66. The second-order valence-electron chi connectivity index (χ2n) is 4.56. The summed E-state index contributed by atoms with van der Waals surface area (Å²) >= 11 is 12.3. The van der Waals surface area contributed by atoms with Crippen molar-refractivity contribution in [2.45, 2.75) is 23.3 Å². The largest absolute Gasteiger partial charge is 0.389 e. The minimum absolute atomic E-state index is 0.254. The summed E-state index contributed by atoms with van der Waals surface area (Å²) < 4.78 is -0.474. The first-order valence-electron chi connectivity index (χ1n) is 4.85. The number of alkyl halides is 2. The van der Waals surface area contributed by atoms with E-state index in [1.54, 1.807) is 0 Å². The summed E-state index contributed by atoms with van der Waals surface area (Å²) in [7, 11) is 0. The van der Waals surface area contributed by atoms with Crippen molar-refractivity contribution in [3.63, 3.8) is 0 Å². The maximum Gasteiger partial charge on any atom is 0.124 e. The molecule has 0 aromatic heterocycles. The summed E-state index contributed by atoms with van der Waals surface area (Å²) in [6.07, 6.45) is 5.86. The quantitative estimate of drug-likeness (QED) is 0.489. The van der Waals surface area contributed by atoms with Gasteiger partial charge in [0, 0.05) is 0 Å². The molecule has 0 aromatic rings. The van der Waals surface area contributed by atoms with Gasteiger partial charge in [0.2, 0.25) is 0 Å². The first-order chi connectivity index (χ1) is 6.10. The predicted octanol–water partition coefficient (Wildman–Crippen LogP) is 2.36. The zero-order valence-corrected chi connectivity index (χ0v) is 8.67. The Morgan fingerprint density at radius 3 is 2.62 bits per heavy atom. The van der Waals surface area contributed by atoms with Crippen molar-refractivity contribution in [1.82, 2.24) is 0 Å². The third kappa shape index (κ3) is 1.04. The van der Waals surface area contributed by atoms with Crippen LogP contribution in [0.5, 0.6) is 0 Å². The van der Waals surface area contributed by atoms with Gasteiger partial charge in [-0.1, -0.05) is 12.2 Å². The summed E-state index contributed by atoms with van der Waals surface area (Å²) in [5.41, 5.74) is 0. The maximum absolute atomic E-state index is 9.66. The minimum atomic E-state index is -0.474. The van der Waals surface area contributed by atoms with Crippen LogP contribution >= 0.6 is 23.2 Å². The molecule has 0 heterocycles. The summed E-state index contributed by atoms with van der Waals surface area (Å²) in [5, 5.41) is 9.66. The summed E-state index contributed by atoms with van der Waals surface area (Å²) in [6.45, 7) is 0. The molecule has 1 nitrogen and oxygen atoms in total. The number of hydrogen-bond donors (Lipinski definition) is 1. The van der Waals surface area contributed by atoms with Crippen LogP contribution in [0.25, 0.3) is 0 Å². The van der Waals surface area contributed by atoms with Crippen LogP contribution in [-0.4, -0.2) is 15.5 Å². The van der Waals surface area contributed by atoms with Crippen LogP contribution in [0, 0.1) is 23.7 Å².